The van der Waals surface area contributed by atoms with Crippen molar-refractivity contribution in [3.05, 3.63) is 66.7 Å². The summed E-state index contributed by atoms with van der Waals surface area (Å²) in [4.78, 5) is 22.9. The standard InChI is InChI=1S/C23H26O5/c1-18(2)22(24)26-16-8-3-4-9-17-27-23(25)28-21-14-12-20(13-15-21)19-10-6-5-7-11-19/h5-7,10-15H,1,3-4,8-9,16-17H2,2H3. The van der Waals surface area contributed by atoms with Gasteiger partial charge in [-0.1, -0.05) is 49.0 Å². The number of benzene rings is 2. The van der Waals surface area contributed by atoms with Crippen LogP contribution in [0.15, 0.2) is 66.7 Å². The maximum absolute atomic E-state index is 11.7. The molecule has 2 rings (SSSR count). The first-order valence-electron chi connectivity index (χ1n) is 9.39. The second-order valence-electron chi connectivity index (χ2n) is 6.42. The lowest BCUT2D eigenvalue weighted by atomic mass is 10.1. The van der Waals surface area contributed by atoms with Gasteiger partial charge in [0, 0.05) is 5.57 Å². The highest BCUT2D eigenvalue weighted by Crippen LogP contribution is 2.22. The highest BCUT2D eigenvalue weighted by molar-refractivity contribution is 5.86. The molecule has 5 nitrogen and oxygen atoms in total. The van der Waals surface area contributed by atoms with E-state index in [9.17, 15) is 9.59 Å². The van der Waals surface area contributed by atoms with Gasteiger partial charge in [0.15, 0.2) is 0 Å². The Morgan fingerprint density at radius 1 is 0.786 bits per heavy atom. The molecule has 0 bridgehead atoms. The maximum atomic E-state index is 11.7. The van der Waals surface area contributed by atoms with Gasteiger partial charge >= 0.3 is 12.1 Å². The van der Waals surface area contributed by atoms with Crippen LogP contribution in [0.2, 0.25) is 0 Å². The van der Waals surface area contributed by atoms with Gasteiger partial charge in [-0.15, -0.1) is 0 Å². The van der Waals surface area contributed by atoms with E-state index in [2.05, 4.69) is 6.58 Å². The first-order valence-corrected chi connectivity index (χ1v) is 9.39. The Kier molecular flexibility index (Phi) is 8.79. The van der Waals surface area contributed by atoms with Gasteiger partial charge in [0.2, 0.25) is 0 Å². The minimum absolute atomic E-state index is 0.298. The molecule has 2 aromatic carbocycles. The van der Waals surface area contributed by atoms with E-state index in [-0.39, 0.29) is 5.97 Å². The van der Waals surface area contributed by atoms with Crippen molar-refractivity contribution in [3.63, 3.8) is 0 Å². The highest BCUT2D eigenvalue weighted by atomic mass is 16.7. The molecule has 0 aromatic heterocycles. The van der Waals surface area contributed by atoms with Crippen LogP contribution in [0.1, 0.15) is 32.6 Å². The van der Waals surface area contributed by atoms with Crippen molar-refractivity contribution in [2.24, 2.45) is 0 Å². The number of rotatable bonds is 10. The molecular weight excluding hydrogens is 356 g/mol. The van der Waals surface area contributed by atoms with Gasteiger partial charge in [0.05, 0.1) is 13.2 Å². The first kappa shape index (κ1) is 21.2. The Balaban J connectivity index is 1.57. The molecule has 0 aliphatic rings. The Hall–Kier alpha value is -3.08. The monoisotopic (exact) mass is 382 g/mol. The fraction of sp³-hybridized carbons (Fsp3) is 0.304. The second kappa shape index (κ2) is 11.6. The summed E-state index contributed by atoms with van der Waals surface area (Å²) in [6, 6.07) is 17.3. The third kappa shape index (κ3) is 7.66. The molecule has 148 valence electrons. The molecule has 0 spiro atoms. The fourth-order valence-corrected chi connectivity index (χ4v) is 2.47. The van der Waals surface area contributed by atoms with Crippen LogP contribution >= 0.6 is 0 Å². The maximum Gasteiger partial charge on any atom is 0.513 e. The predicted molar refractivity (Wildman–Crippen MR) is 108 cm³/mol. The smallest absolute Gasteiger partial charge is 0.462 e. The number of esters is 1. The molecule has 0 aliphatic heterocycles. The number of carbonyl (C=O) groups is 2. The molecule has 0 amide bonds. The van der Waals surface area contributed by atoms with Gasteiger partial charge in [-0.3, -0.25) is 0 Å². The molecule has 0 N–H and O–H groups in total. The summed E-state index contributed by atoms with van der Waals surface area (Å²) < 4.78 is 15.3. The number of hydrogen-bond donors (Lipinski definition) is 0. The molecule has 5 heteroatoms. The summed E-state index contributed by atoms with van der Waals surface area (Å²) in [5, 5.41) is 0. The summed E-state index contributed by atoms with van der Waals surface area (Å²) in [6.45, 7) is 5.83. The van der Waals surface area contributed by atoms with Gasteiger partial charge in [-0.25, -0.2) is 9.59 Å². The molecule has 0 fully saturated rings. The fourth-order valence-electron chi connectivity index (χ4n) is 2.47. The summed E-state index contributed by atoms with van der Waals surface area (Å²) in [6.07, 6.45) is 2.57. The van der Waals surface area contributed by atoms with Crippen molar-refractivity contribution in [2.45, 2.75) is 32.6 Å². The molecule has 0 heterocycles. The minimum Gasteiger partial charge on any atom is -0.462 e. The van der Waals surface area contributed by atoms with E-state index in [0.717, 1.165) is 36.8 Å². The summed E-state index contributed by atoms with van der Waals surface area (Å²) in [5.74, 6) is 0.0897. The van der Waals surface area contributed by atoms with Crippen LogP contribution in [0.5, 0.6) is 5.75 Å². The predicted octanol–water partition coefficient (Wildman–Crippen LogP) is 5.55. The van der Waals surface area contributed by atoms with Crippen LogP contribution in [0, 0.1) is 0 Å². The Morgan fingerprint density at radius 3 is 1.96 bits per heavy atom. The average molecular weight is 382 g/mol. The van der Waals surface area contributed by atoms with Crippen molar-refractivity contribution in [2.75, 3.05) is 13.2 Å². The van der Waals surface area contributed by atoms with E-state index in [1.807, 2.05) is 42.5 Å². The van der Waals surface area contributed by atoms with Gasteiger partial charge in [-0.05, 0) is 55.9 Å². The number of carbonyl (C=O) groups excluding carboxylic acids is 2. The minimum atomic E-state index is -0.706. The topological polar surface area (TPSA) is 61.8 Å². The lowest BCUT2D eigenvalue weighted by Gasteiger charge is -2.07. The summed E-state index contributed by atoms with van der Waals surface area (Å²) in [5.41, 5.74) is 2.56. The zero-order valence-electron chi connectivity index (χ0n) is 16.2. The lowest BCUT2D eigenvalue weighted by molar-refractivity contribution is -0.139. The zero-order valence-corrected chi connectivity index (χ0v) is 16.2. The molecule has 0 saturated heterocycles. The van der Waals surface area contributed by atoms with Crippen molar-refractivity contribution >= 4 is 12.1 Å². The van der Waals surface area contributed by atoms with Crippen LogP contribution in [0.4, 0.5) is 4.79 Å². The SMILES string of the molecule is C=C(C)C(=O)OCCCCCCOC(=O)Oc1ccc(-c2ccccc2)cc1. The largest absolute Gasteiger partial charge is 0.513 e. The number of ether oxygens (including phenoxy) is 3. The molecule has 0 aliphatic carbocycles. The third-order valence-electron chi connectivity index (χ3n) is 4.00. The highest BCUT2D eigenvalue weighted by Gasteiger charge is 2.07. The Labute approximate surface area is 165 Å². The normalized spacial score (nSPS) is 10.2. The molecule has 0 radical (unpaired) electrons. The third-order valence-corrected chi connectivity index (χ3v) is 4.00. The zero-order chi connectivity index (χ0) is 20.2. The van der Waals surface area contributed by atoms with E-state index in [4.69, 9.17) is 14.2 Å². The Morgan fingerprint density at radius 2 is 1.36 bits per heavy atom. The van der Waals surface area contributed by atoms with E-state index in [0.29, 0.717) is 24.5 Å². The van der Waals surface area contributed by atoms with Crippen molar-refractivity contribution < 1.29 is 23.8 Å². The van der Waals surface area contributed by atoms with Crippen LogP contribution < -0.4 is 4.74 Å². The van der Waals surface area contributed by atoms with Crippen LogP contribution in [0.25, 0.3) is 11.1 Å². The van der Waals surface area contributed by atoms with Crippen molar-refractivity contribution in [1.82, 2.24) is 0 Å². The molecule has 2 aromatic rings. The van der Waals surface area contributed by atoms with Gasteiger partial charge in [0.1, 0.15) is 5.75 Å². The van der Waals surface area contributed by atoms with Crippen LogP contribution in [-0.4, -0.2) is 25.3 Å². The lowest BCUT2D eigenvalue weighted by Crippen LogP contribution is -2.11. The van der Waals surface area contributed by atoms with E-state index in [1.54, 1.807) is 19.1 Å². The average Bonchev–Trinajstić information content (AvgIpc) is 2.71. The van der Waals surface area contributed by atoms with Crippen LogP contribution in [0.3, 0.4) is 0 Å². The number of hydrogen-bond acceptors (Lipinski definition) is 5. The van der Waals surface area contributed by atoms with Gasteiger partial charge in [-0.2, -0.15) is 0 Å². The van der Waals surface area contributed by atoms with Gasteiger partial charge in [0.25, 0.3) is 0 Å². The van der Waals surface area contributed by atoms with E-state index < -0.39 is 6.16 Å². The second-order valence-corrected chi connectivity index (χ2v) is 6.42. The molecule has 0 saturated carbocycles. The molecule has 0 unspecified atom stereocenters. The van der Waals surface area contributed by atoms with Crippen molar-refractivity contribution in [1.29, 1.82) is 0 Å². The first-order chi connectivity index (χ1) is 13.6. The van der Waals surface area contributed by atoms with Gasteiger partial charge < -0.3 is 14.2 Å². The Bertz CT molecular complexity index is 765. The number of unbranched alkanes of at least 4 members (excludes halogenated alkanes) is 3. The quantitative estimate of drug-likeness (QED) is 0.233. The van der Waals surface area contributed by atoms with E-state index >= 15 is 0 Å². The van der Waals surface area contributed by atoms with Crippen molar-refractivity contribution in [3.8, 4) is 16.9 Å². The molecule has 0 atom stereocenters. The molecule has 28 heavy (non-hydrogen) atoms. The van der Waals surface area contributed by atoms with Crippen LogP contribution in [-0.2, 0) is 14.3 Å². The summed E-state index contributed by atoms with van der Waals surface area (Å²) >= 11 is 0. The molecular formula is C23H26O5. The summed E-state index contributed by atoms with van der Waals surface area (Å²) in [7, 11) is 0. The van der Waals surface area contributed by atoms with E-state index in [1.165, 1.54) is 0 Å².